The number of alkyl halides is 6. The molecule has 1 aromatic heterocycles. The fraction of sp³-hybridized carbons (Fsp3) is 0.556. The SMILES string of the molecule is NC(=O)c1ccc(NC(=O)[C@H]2CC23CCN(C(=O)OC(C(F)(F)F)C(F)(F)F)CC3)cn1.S. The Hall–Kier alpha value is -2.71. The predicted molar refractivity (Wildman–Crippen MR) is 105 cm³/mol. The predicted octanol–water partition coefficient (Wildman–Crippen LogP) is 2.96. The first-order valence-electron chi connectivity index (χ1n) is 9.39. The molecule has 2 aliphatic rings. The lowest BCUT2D eigenvalue weighted by Crippen LogP contribution is -2.49. The largest absolute Gasteiger partial charge is 0.434 e. The van der Waals surface area contributed by atoms with E-state index in [1.807, 2.05) is 0 Å². The van der Waals surface area contributed by atoms with Crippen LogP contribution < -0.4 is 11.1 Å². The van der Waals surface area contributed by atoms with Gasteiger partial charge in [-0.15, -0.1) is 0 Å². The number of nitrogens with one attached hydrogen (secondary N) is 1. The van der Waals surface area contributed by atoms with Gasteiger partial charge in [0.2, 0.25) is 5.91 Å². The summed E-state index contributed by atoms with van der Waals surface area (Å²) in [5.74, 6) is -1.51. The second-order valence-electron chi connectivity index (χ2n) is 7.74. The van der Waals surface area contributed by atoms with Crippen LogP contribution in [0.4, 0.5) is 36.8 Å². The molecule has 8 nitrogen and oxygen atoms in total. The van der Waals surface area contributed by atoms with Gasteiger partial charge in [0.25, 0.3) is 12.0 Å². The highest BCUT2D eigenvalue weighted by molar-refractivity contribution is 7.59. The van der Waals surface area contributed by atoms with E-state index in [-0.39, 0.29) is 51.0 Å². The van der Waals surface area contributed by atoms with Crippen LogP contribution in [0.25, 0.3) is 0 Å². The minimum atomic E-state index is -5.78. The van der Waals surface area contributed by atoms with E-state index < -0.39 is 41.8 Å². The molecule has 1 saturated carbocycles. The molecule has 3 N–H and O–H groups in total. The van der Waals surface area contributed by atoms with E-state index in [1.165, 1.54) is 18.3 Å². The molecule has 3 amide bonds. The van der Waals surface area contributed by atoms with Gasteiger partial charge in [0.1, 0.15) is 5.69 Å². The molecule has 1 aliphatic heterocycles. The fourth-order valence-corrected chi connectivity index (χ4v) is 3.74. The Labute approximate surface area is 190 Å². The van der Waals surface area contributed by atoms with Crippen molar-refractivity contribution < 1.29 is 45.5 Å². The fourth-order valence-electron chi connectivity index (χ4n) is 3.74. The van der Waals surface area contributed by atoms with Crippen LogP contribution in [0, 0.1) is 11.3 Å². The van der Waals surface area contributed by atoms with Crippen LogP contribution >= 0.6 is 13.5 Å². The number of piperidine rings is 1. The number of hydrogen-bond acceptors (Lipinski definition) is 5. The molecule has 1 aliphatic carbocycles. The molecule has 1 atom stereocenters. The number of carbonyl (C=O) groups excluding carboxylic acids is 3. The summed E-state index contributed by atoms with van der Waals surface area (Å²) in [6, 6.07) is 2.77. The number of amides is 3. The zero-order chi connectivity index (χ0) is 23.9. The lowest BCUT2D eigenvalue weighted by molar-refractivity contribution is -0.308. The molecule has 3 rings (SSSR count). The summed E-state index contributed by atoms with van der Waals surface area (Å²) in [5.41, 5.74) is 4.93. The van der Waals surface area contributed by atoms with Gasteiger partial charge in [-0.25, -0.2) is 9.78 Å². The zero-order valence-electron chi connectivity index (χ0n) is 16.8. The van der Waals surface area contributed by atoms with Gasteiger partial charge >= 0.3 is 18.4 Å². The maximum atomic E-state index is 12.6. The van der Waals surface area contributed by atoms with Crippen LogP contribution in [0.3, 0.4) is 0 Å². The standard InChI is InChI=1S/C18H18F6N4O4.H2S/c19-17(20,21)14(18(22,23)24)32-15(31)28-5-3-16(4-6-28)7-10(16)13(30)27-9-1-2-11(12(25)29)26-8-9;/h1-2,8,10,14H,3-7H2,(H2,25,29)(H,27,30);1H2/t10-;/m1./s1. The number of likely N-dealkylation sites (tertiary alicyclic amines) is 1. The average Bonchev–Trinajstić information content (AvgIpc) is 3.38. The second-order valence-corrected chi connectivity index (χ2v) is 7.74. The lowest BCUT2D eigenvalue weighted by atomic mass is 9.91. The van der Waals surface area contributed by atoms with Gasteiger partial charge in [0, 0.05) is 19.0 Å². The highest BCUT2D eigenvalue weighted by Crippen LogP contribution is 2.59. The molecule has 184 valence electrons. The molecule has 1 saturated heterocycles. The third kappa shape index (κ3) is 6.00. The van der Waals surface area contributed by atoms with Crippen molar-refractivity contribution in [1.82, 2.24) is 9.88 Å². The van der Waals surface area contributed by atoms with E-state index >= 15 is 0 Å². The topological polar surface area (TPSA) is 115 Å². The summed E-state index contributed by atoms with van der Waals surface area (Å²) in [7, 11) is 0. The van der Waals surface area contributed by atoms with Crippen LogP contribution in [0.15, 0.2) is 18.3 Å². The van der Waals surface area contributed by atoms with Crippen molar-refractivity contribution in [3.05, 3.63) is 24.0 Å². The highest BCUT2D eigenvalue weighted by Gasteiger charge is 2.61. The first-order chi connectivity index (χ1) is 14.7. The Bertz CT molecular complexity index is 887. The maximum Gasteiger partial charge on any atom is 0.434 e. The number of carbonyl (C=O) groups is 3. The summed E-state index contributed by atoms with van der Waals surface area (Å²) in [4.78, 5) is 39.9. The number of hydrogen-bond donors (Lipinski definition) is 2. The van der Waals surface area contributed by atoms with E-state index in [1.54, 1.807) is 0 Å². The lowest BCUT2D eigenvalue weighted by Gasteiger charge is -2.33. The molecule has 0 bridgehead atoms. The Morgan fingerprint density at radius 1 is 1.12 bits per heavy atom. The molecular weight excluding hydrogens is 482 g/mol. The average molecular weight is 502 g/mol. The summed E-state index contributed by atoms with van der Waals surface area (Å²) >= 11 is 0. The minimum Gasteiger partial charge on any atom is -0.426 e. The van der Waals surface area contributed by atoms with Crippen LogP contribution in [-0.2, 0) is 9.53 Å². The van der Waals surface area contributed by atoms with Crippen molar-refractivity contribution in [3.63, 3.8) is 0 Å². The summed E-state index contributed by atoms with van der Waals surface area (Å²) in [5, 5.41) is 2.63. The minimum absolute atomic E-state index is 0. The van der Waals surface area contributed by atoms with Gasteiger partial charge in [0.15, 0.2) is 0 Å². The number of pyridine rings is 1. The van der Waals surface area contributed by atoms with Crippen molar-refractivity contribution in [2.75, 3.05) is 18.4 Å². The van der Waals surface area contributed by atoms with Crippen molar-refractivity contribution in [3.8, 4) is 0 Å². The molecule has 2 fully saturated rings. The summed E-state index contributed by atoms with van der Waals surface area (Å²) in [6.07, 6.45) is -15.3. The highest BCUT2D eigenvalue weighted by atomic mass is 32.1. The molecule has 15 heteroatoms. The molecule has 1 spiro atoms. The number of rotatable bonds is 4. The molecule has 0 aromatic carbocycles. The first-order valence-corrected chi connectivity index (χ1v) is 9.39. The molecular formula is C18H20F6N4O4S. The first kappa shape index (κ1) is 26.5. The van der Waals surface area contributed by atoms with Crippen LogP contribution in [-0.4, -0.2) is 59.3 Å². The van der Waals surface area contributed by atoms with Gasteiger partial charge in [-0.1, -0.05) is 0 Å². The Balaban J connectivity index is 0.00000385. The Morgan fingerprint density at radius 2 is 1.70 bits per heavy atom. The van der Waals surface area contributed by atoms with Crippen molar-refractivity contribution in [2.24, 2.45) is 17.1 Å². The molecule has 0 unspecified atom stereocenters. The monoisotopic (exact) mass is 502 g/mol. The van der Waals surface area contributed by atoms with Crippen LogP contribution in [0.2, 0.25) is 0 Å². The number of ether oxygens (including phenoxy) is 1. The molecule has 2 heterocycles. The third-order valence-electron chi connectivity index (χ3n) is 5.62. The Morgan fingerprint density at radius 3 is 2.15 bits per heavy atom. The quantitative estimate of drug-likeness (QED) is 0.615. The number of anilines is 1. The van der Waals surface area contributed by atoms with E-state index in [0.29, 0.717) is 12.1 Å². The number of primary amides is 1. The van der Waals surface area contributed by atoms with E-state index in [9.17, 15) is 40.7 Å². The van der Waals surface area contributed by atoms with Crippen molar-refractivity contribution >= 4 is 37.1 Å². The smallest absolute Gasteiger partial charge is 0.426 e. The molecule has 1 aromatic rings. The van der Waals surface area contributed by atoms with Crippen LogP contribution in [0.5, 0.6) is 0 Å². The number of aromatic nitrogens is 1. The van der Waals surface area contributed by atoms with Gasteiger partial charge in [-0.2, -0.15) is 39.8 Å². The van der Waals surface area contributed by atoms with E-state index in [4.69, 9.17) is 5.73 Å². The number of halogens is 6. The zero-order valence-corrected chi connectivity index (χ0v) is 17.8. The van der Waals surface area contributed by atoms with Gasteiger partial charge in [0.05, 0.1) is 11.9 Å². The Kier molecular flexibility index (Phi) is 7.45. The normalized spacial score (nSPS) is 19.6. The van der Waals surface area contributed by atoms with Gasteiger partial charge in [-0.3, -0.25) is 9.59 Å². The van der Waals surface area contributed by atoms with E-state index in [0.717, 1.165) is 4.90 Å². The molecule has 33 heavy (non-hydrogen) atoms. The third-order valence-corrected chi connectivity index (χ3v) is 5.62. The number of nitrogens with two attached hydrogens (primary N) is 1. The molecule has 0 radical (unpaired) electrons. The second kappa shape index (κ2) is 9.27. The number of nitrogens with zero attached hydrogens (tertiary/aromatic N) is 2. The van der Waals surface area contributed by atoms with Crippen LogP contribution in [0.1, 0.15) is 29.8 Å². The summed E-state index contributed by atoms with van der Waals surface area (Å²) < 4.78 is 79.1. The van der Waals surface area contributed by atoms with Crippen molar-refractivity contribution in [2.45, 2.75) is 37.7 Å². The summed E-state index contributed by atoms with van der Waals surface area (Å²) in [6.45, 7) is -0.278. The van der Waals surface area contributed by atoms with Gasteiger partial charge in [-0.05, 0) is 36.8 Å². The van der Waals surface area contributed by atoms with Gasteiger partial charge < -0.3 is 20.7 Å². The maximum absolute atomic E-state index is 12.6. The van der Waals surface area contributed by atoms with Crippen molar-refractivity contribution in [1.29, 1.82) is 0 Å². The van der Waals surface area contributed by atoms with E-state index in [2.05, 4.69) is 15.0 Å².